The van der Waals surface area contributed by atoms with E-state index in [0.29, 0.717) is 69.4 Å². The topological polar surface area (TPSA) is 128 Å². The average Bonchev–Trinajstić information content (AvgIpc) is 3.90. The number of aliphatic hydroxyl groups is 2. The molecule has 11 heteroatoms. The van der Waals surface area contributed by atoms with Crippen LogP contribution in [0.25, 0.3) is 33.0 Å². The minimum Gasteiger partial charge on any atom is -0.497 e. The van der Waals surface area contributed by atoms with Crippen molar-refractivity contribution in [2.24, 2.45) is 0 Å². The standard InChI is InChI=1S/C48H47N3O8/c1-48(2,3)59-47(54)50-27-39(37-21-19-35(23-41(37)50)58-29-31-14-10-7-11-15-31)44-43(45(52)51(46(44)53)26-32-16-17-33(55-4)24-42(32)56-5)38-25-49-40-22-34(18-20-36(38)40)57-28-30-12-8-6-9-13-30/h6-25,27,45-46,49,52-53H,26,28-29H2,1-5H3. The third kappa shape index (κ3) is 8.13. The van der Waals surface area contributed by atoms with Crippen molar-refractivity contribution in [3.8, 4) is 23.0 Å². The van der Waals surface area contributed by atoms with Crippen molar-refractivity contribution < 1.29 is 38.7 Å². The first-order valence-corrected chi connectivity index (χ1v) is 19.4. The van der Waals surface area contributed by atoms with Crippen LogP contribution in [-0.4, -0.2) is 63.0 Å². The zero-order valence-corrected chi connectivity index (χ0v) is 33.6. The molecular weight excluding hydrogens is 747 g/mol. The van der Waals surface area contributed by atoms with Gasteiger partial charge in [-0.25, -0.2) is 9.69 Å². The smallest absolute Gasteiger partial charge is 0.419 e. The SMILES string of the molecule is COc1ccc(CN2C(O)C(c3c[nH]c4cc(OCc5ccccc5)ccc34)=C(c3cn(C(=O)OC(C)(C)C)c4cc(OCc5ccccc5)ccc34)C2O)c(OC)c1. The van der Waals surface area contributed by atoms with E-state index in [1.54, 1.807) is 37.4 Å². The van der Waals surface area contributed by atoms with Crippen LogP contribution in [0.2, 0.25) is 0 Å². The molecule has 5 aromatic carbocycles. The van der Waals surface area contributed by atoms with E-state index < -0.39 is 24.2 Å². The highest BCUT2D eigenvalue weighted by Crippen LogP contribution is 2.47. The molecule has 11 nitrogen and oxygen atoms in total. The summed E-state index contributed by atoms with van der Waals surface area (Å²) in [6.45, 7) is 6.28. The summed E-state index contributed by atoms with van der Waals surface area (Å²) in [5.41, 5.74) is 5.41. The Kier molecular flexibility index (Phi) is 10.9. The van der Waals surface area contributed by atoms with E-state index in [4.69, 9.17) is 23.7 Å². The van der Waals surface area contributed by atoms with Gasteiger partial charge in [0, 0.05) is 81.3 Å². The fraction of sp³-hybridized carbons (Fsp3) is 0.229. The molecule has 0 saturated carbocycles. The Morgan fingerprint density at radius 2 is 1.29 bits per heavy atom. The van der Waals surface area contributed by atoms with Crippen molar-refractivity contribution in [2.75, 3.05) is 14.2 Å². The van der Waals surface area contributed by atoms with Crippen molar-refractivity contribution in [1.29, 1.82) is 0 Å². The number of hydrogen-bond acceptors (Lipinski definition) is 9. The van der Waals surface area contributed by atoms with Crippen LogP contribution < -0.4 is 18.9 Å². The molecule has 0 spiro atoms. The van der Waals surface area contributed by atoms with Crippen LogP contribution in [0.3, 0.4) is 0 Å². The molecular formula is C48H47N3O8. The van der Waals surface area contributed by atoms with E-state index in [-0.39, 0.29) is 6.54 Å². The van der Waals surface area contributed by atoms with Crippen LogP contribution in [0.4, 0.5) is 4.79 Å². The highest BCUT2D eigenvalue weighted by molar-refractivity contribution is 6.09. The van der Waals surface area contributed by atoms with E-state index in [1.165, 1.54) is 4.57 Å². The number of rotatable bonds is 12. The summed E-state index contributed by atoms with van der Waals surface area (Å²) >= 11 is 0. The van der Waals surface area contributed by atoms with E-state index in [0.717, 1.165) is 27.6 Å². The number of carbonyl (C=O) groups excluding carboxylic acids is 1. The van der Waals surface area contributed by atoms with Gasteiger partial charge in [-0.2, -0.15) is 0 Å². The number of aromatic amines is 1. The predicted octanol–water partition coefficient (Wildman–Crippen LogP) is 9.14. The Hall–Kier alpha value is -6.53. The first kappa shape index (κ1) is 39.3. The first-order valence-electron chi connectivity index (χ1n) is 19.4. The van der Waals surface area contributed by atoms with Crippen LogP contribution >= 0.6 is 0 Å². The van der Waals surface area contributed by atoms with Gasteiger partial charge in [-0.05, 0) is 62.2 Å². The molecule has 2 unspecified atom stereocenters. The Morgan fingerprint density at radius 1 is 0.695 bits per heavy atom. The lowest BCUT2D eigenvalue weighted by atomic mass is 9.95. The number of aromatic nitrogens is 2. The second kappa shape index (κ2) is 16.4. The molecule has 7 aromatic rings. The second-order valence-corrected chi connectivity index (χ2v) is 15.5. The number of methoxy groups -OCH3 is 2. The lowest BCUT2D eigenvalue weighted by Crippen LogP contribution is -2.37. The molecule has 2 atom stereocenters. The van der Waals surface area contributed by atoms with Crippen molar-refractivity contribution in [2.45, 2.75) is 58.6 Å². The highest BCUT2D eigenvalue weighted by Gasteiger charge is 2.42. The summed E-state index contributed by atoms with van der Waals surface area (Å²) < 4.78 is 30.8. The molecule has 0 radical (unpaired) electrons. The van der Waals surface area contributed by atoms with Gasteiger partial charge in [0.1, 0.15) is 54.3 Å². The van der Waals surface area contributed by atoms with Crippen LogP contribution in [0.15, 0.2) is 128 Å². The van der Waals surface area contributed by atoms with Crippen molar-refractivity contribution in [1.82, 2.24) is 14.5 Å². The maximum atomic E-state index is 13.9. The first-order chi connectivity index (χ1) is 28.5. The molecule has 1 aliphatic heterocycles. The van der Waals surface area contributed by atoms with Gasteiger partial charge < -0.3 is 38.9 Å². The Balaban J connectivity index is 1.25. The van der Waals surface area contributed by atoms with E-state index in [2.05, 4.69) is 4.98 Å². The monoisotopic (exact) mass is 793 g/mol. The van der Waals surface area contributed by atoms with Crippen LogP contribution in [0.5, 0.6) is 23.0 Å². The summed E-state index contributed by atoms with van der Waals surface area (Å²) in [6.07, 6.45) is 0.299. The van der Waals surface area contributed by atoms with E-state index >= 15 is 0 Å². The Morgan fingerprint density at radius 3 is 1.90 bits per heavy atom. The molecule has 0 fully saturated rings. The summed E-state index contributed by atoms with van der Waals surface area (Å²) in [6, 6.07) is 36.5. The largest absolute Gasteiger partial charge is 0.497 e. The molecule has 59 heavy (non-hydrogen) atoms. The summed E-state index contributed by atoms with van der Waals surface area (Å²) in [7, 11) is 3.15. The quantitative estimate of drug-likeness (QED) is 0.111. The molecule has 3 N–H and O–H groups in total. The zero-order valence-electron chi connectivity index (χ0n) is 33.6. The molecule has 0 bridgehead atoms. The number of fused-ring (bicyclic) bond motifs is 2. The van der Waals surface area contributed by atoms with Gasteiger partial charge in [0.25, 0.3) is 0 Å². The molecule has 8 rings (SSSR count). The number of nitrogens with zero attached hydrogens (tertiary/aromatic N) is 2. The minimum absolute atomic E-state index is 0.116. The summed E-state index contributed by atoms with van der Waals surface area (Å²) in [5.74, 6) is 2.38. The summed E-state index contributed by atoms with van der Waals surface area (Å²) in [5, 5.41) is 26.4. The van der Waals surface area contributed by atoms with Crippen molar-refractivity contribution in [3.63, 3.8) is 0 Å². The van der Waals surface area contributed by atoms with Crippen LogP contribution in [0.1, 0.15) is 48.6 Å². The van der Waals surface area contributed by atoms with E-state index in [1.807, 2.05) is 130 Å². The lowest BCUT2D eigenvalue weighted by molar-refractivity contribution is -0.0392. The third-order valence-corrected chi connectivity index (χ3v) is 10.4. The molecule has 0 saturated heterocycles. The van der Waals surface area contributed by atoms with E-state index in [9.17, 15) is 15.0 Å². The molecule has 3 heterocycles. The number of benzene rings is 5. The number of hydrogen-bond donors (Lipinski definition) is 3. The second-order valence-electron chi connectivity index (χ2n) is 15.5. The minimum atomic E-state index is -1.32. The number of ether oxygens (including phenoxy) is 5. The lowest BCUT2D eigenvalue weighted by Gasteiger charge is -2.27. The van der Waals surface area contributed by atoms with Gasteiger partial charge in [-0.3, -0.25) is 4.57 Å². The average molecular weight is 794 g/mol. The van der Waals surface area contributed by atoms with Crippen molar-refractivity contribution in [3.05, 3.63) is 155 Å². The maximum absolute atomic E-state index is 13.9. The van der Waals surface area contributed by atoms with Gasteiger partial charge in [-0.15, -0.1) is 0 Å². The fourth-order valence-corrected chi connectivity index (χ4v) is 7.54. The number of H-pyrrole nitrogens is 1. The zero-order chi connectivity index (χ0) is 41.3. The molecule has 0 aliphatic carbocycles. The normalized spacial score (nSPS) is 15.8. The molecule has 0 amide bonds. The van der Waals surface area contributed by atoms with Gasteiger partial charge in [0.15, 0.2) is 0 Å². The molecule has 1 aliphatic rings. The Bertz CT molecular complexity index is 2640. The Labute approximate surface area is 342 Å². The van der Waals surface area contributed by atoms with Crippen LogP contribution in [-0.2, 0) is 24.5 Å². The third-order valence-electron chi connectivity index (χ3n) is 10.4. The number of aliphatic hydroxyl groups excluding tert-OH is 2. The maximum Gasteiger partial charge on any atom is 0.419 e. The fourth-order valence-electron chi connectivity index (χ4n) is 7.54. The van der Waals surface area contributed by atoms with Gasteiger partial charge >= 0.3 is 6.09 Å². The van der Waals surface area contributed by atoms with Gasteiger partial charge in [-0.1, -0.05) is 66.7 Å². The predicted molar refractivity (Wildman–Crippen MR) is 227 cm³/mol. The highest BCUT2D eigenvalue weighted by atomic mass is 16.6. The van der Waals surface area contributed by atoms with Gasteiger partial charge in [0.2, 0.25) is 0 Å². The number of carbonyl (C=O) groups is 1. The number of nitrogens with one attached hydrogen (secondary N) is 1. The molecule has 302 valence electrons. The van der Waals surface area contributed by atoms with Gasteiger partial charge in [0.05, 0.1) is 19.7 Å². The van der Waals surface area contributed by atoms with Crippen molar-refractivity contribution >= 4 is 39.0 Å². The summed E-state index contributed by atoms with van der Waals surface area (Å²) in [4.78, 5) is 18.9. The van der Waals surface area contributed by atoms with Crippen LogP contribution in [0, 0.1) is 0 Å². The molecule has 2 aromatic heterocycles.